The van der Waals surface area contributed by atoms with Crippen LogP contribution in [0.3, 0.4) is 0 Å². The van der Waals surface area contributed by atoms with Crippen LogP contribution in [0.2, 0.25) is 0 Å². The topological polar surface area (TPSA) is 43.1 Å². The maximum absolute atomic E-state index is 12.7. The Balaban J connectivity index is 2.06. The van der Waals surface area contributed by atoms with Crippen molar-refractivity contribution in [1.82, 2.24) is 4.98 Å². The van der Waals surface area contributed by atoms with Crippen molar-refractivity contribution < 1.29 is 4.42 Å². The first kappa shape index (κ1) is 12.8. The zero-order valence-corrected chi connectivity index (χ0v) is 12.0. The standard InChI is InChI=1S/C19H13NO2/c1-12-5-4-10-20-18(12)13-8-9-17-15(11-13)19(21)14-6-2-3-7-16(14)22-17/h2-11H,1H3. The lowest BCUT2D eigenvalue weighted by atomic mass is 10.0. The first-order chi connectivity index (χ1) is 10.7. The normalized spacial score (nSPS) is 11.1. The van der Waals surface area contributed by atoms with Gasteiger partial charge in [-0.05, 0) is 48.9 Å². The van der Waals surface area contributed by atoms with E-state index in [1.165, 1.54) is 0 Å². The van der Waals surface area contributed by atoms with Gasteiger partial charge in [0.15, 0.2) is 0 Å². The molecule has 0 fully saturated rings. The van der Waals surface area contributed by atoms with Crippen molar-refractivity contribution in [2.24, 2.45) is 0 Å². The van der Waals surface area contributed by atoms with E-state index in [-0.39, 0.29) is 5.43 Å². The van der Waals surface area contributed by atoms with Crippen molar-refractivity contribution in [3.8, 4) is 11.3 Å². The minimum Gasteiger partial charge on any atom is -0.456 e. The highest BCUT2D eigenvalue weighted by Crippen LogP contribution is 2.25. The Kier molecular flexibility index (Phi) is 2.79. The summed E-state index contributed by atoms with van der Waals surface area (Å²) in [7, 11) is 0. The van der Waals surface area contributed by atoms with Crippen LogP contribution in [0.15, 0.2) is 70.0 Å². The summed E-state index contributed by atoms with van der Waals surface area (Å²) < 4.78 is 5.83. The third-order valence-electron chi connectivity index (χ3n) is 3.86. The number of aromatic nitrogens is 1. The molecule has 0 spiro atoms. The average molecular weight is 287 g/mol. The Bertz CT molecular complexity index is 1060. The molecule has 22 heavy (non-hydrogen) atoms. The van der Waals surface area contributed by atoms with Crippen molar-refractivity contribution in [2.75, 3.05) is 0 Å². The highest BCUT2D eigenvalue weighted by Gasteiger charge is 2.10. The number of pyridine rings is 1. The van der Waals surface area contributed by atoms with Crippen LogP contribution in [0.1, 0.15) is 5.56 Å². The number of fused-ring (bicyclic) bond motifs is 2. The molecule has 0 saturated carbocycles. The van der Waals surface area contributed by atoms with Crippen LogP contribution in [0.25, 0.3) is 33.2 Å². The van der Waals surface area contributed by atoms with Crippen LogP contribution < -0.4 is 5.43 Å². The number of para-hydroxylation sites is 1. The molecule has 0 amide bonds. The van der Waals surface area contributed by atoms with Gasteiger partial charge in [-0.1, -0.05) is 18.2 Å². The highest BCUT2D eigenvalue weighted by molar-refractivity contribution is 5.91. The largest absolute Gasteiger partial charge is 0.456 e. The zero-order chi connectivity index (χ0) is 15.1. The second kappa shape index (κ2) is 4.81. The van der Waals surface area contributed by atoms with Gasteiger partial charge in [0.1, 0.15) is 11.2 Å². The summed E-state index contributed by atoms with van der Waals surface area (Å²) in [6, 6.07) is 16.9. The fraction of sp³-hybridized carbons (Fsp3) is 0.0526. The van der Waals surface area contributed by atoms with E-state index in [9.17, 15) is 4.79 Å². The van der Waals surface area contributed by atoms with Gasteiger partial charge >= 0.3 is 0 Å². The van der Waals surface area contributed by atoms with E-state index < -0.39 is 0 Å². The highest BCUT2D eigenvalue weighted by atomic mass is 16.3. The van der Waals surface area contributed by atoms with Crippen LogP contribution in [0.5, 0.6) is 0 Å². The summed E-state index contributed by atoms with van der Waals surface area (Å²) in [6.07, 6.45) is 1.76. The van der Waals surface area contributed by atoms with Crippen molar-refractivity contribution in [3.63, 3.8) is 0 Å². The quantitative estimate of drug-likeness (QED) is 0.490. The van der Waals surface area contributed by atoms with Gasteiger partial charge in [0.25, 0.3) is 0 Å². The molecule has 3 heteroatoms. The molecule has 0 atom stereocenters. The van der Waals surface area contributed by atoms with Gasteiger partial charge in [-0.15, -0.1) is 0 Å². The van der Waals surface area contributed by atoms with Gasteiger partial charge in [-0.25, -0.2) is 0 Å². The number of benzene rings is 2. The fourth-order valence-electron chi connectivity index (χ4n) is 2.74. The smallest absolute Gasteiger partial charge is 0.200 e. The summed E-state index contributed by atoms with van der Waals surface area (Å²) >= 11 is 0. The number of hydrogen-bond donors (Lipinski definition) is 0. The van der Waals surface area contributed by atoms with Gasteiger partial charge in [-0.2, -0.15) is 0 Å². The molecule has 2 aromatic carbocycles. The van der Waals surface area contributed by atoms with E-state index in [4.69, 9.17) is 4.42 Å². The number of hydrogen-bond acceptors (Lipinski definition) is 3. The second-order valence-electron chi connectivity index (χ2n) is 5.31. The molecule has 0 aliphatic carbocycles. The van der Waals surface area contributed by atoms with Gasteiger partial charge in [0.2, 0.25) is 5.43 Å². The molecule has 0 aliphatic rings. The van der Waals surface area contributed by atoms with Crippen LogP contribution in [0.4, 0.5) is 0 Å². The predicted molar refractivity (Wildman–Crippen MR) is 88.0 cm³/mol. The zero-order valence-electron chi connectivity index (χ0n) is 12.0. The van der Waals surface area contributed by atoms with E-state index in [0.717, 1.165) is 16.8 Å². The summed E-state index contributed by atoms with van der Waals surface area (Å²) in [4.78, 5) is 17.1. The molecular formula is C19H13NO2. The van der Waals surface area contributed by atoms with E-state index in [1.807, 2.05) is 55.5 Å². The third-order valence-corrected chi connectivity index (χ3v) is 3.86. The number of rotatable bonds is 1. The Labute approximate surface area is 126 Å². The monoisotopic (exact) mass is 287 g/mol. The fourth-order valence-corrected chi connectivity index (χ4v) is 2.74. The Morgan fingerprint density at radius 3 is 2.59 bits per heavy atom. The number of nitrogens with zero attached hydrogens (tertiary/aromatic N) is 1. The first-order valence-electron chi connectivity index (χ1n) is 7.11. The van der Waals surface area contributed by atoms with Crippen LogP contribution in [-0.4, -0.2) is 4.98 Å². The minimum absolute atomic E-state index is 0.00714. The molecule has 106 valence electrons. The molecule has 4 aromatic rings. The minimum atomic E-state index is -0.00714. The second-order valence-corrected chi connectivity index (χ2v) is 5.31. The van der Waals surface area contributed by atoms with Crippen LogP contribution in [-0.2, 0) is 0 Å². The SMILES string of the molecule is Cc1cccnc1-c1ccc2oc3ccccc3c(=O)c2c1. The molecule has 0 unspecified atom stereocenters. The van der Waals surface area contributed by atoms with Gasteiger partial charge in [0, 0.05) is 11.8 Å². The Morgan fingerprint density at radius 1 is 0.909 bits per heavy atom. The van der Waals surface area contributed by atoms with Crippen molar-refractivity contribution >= 4 is 21.9 Å². The summed E-state index contributed by atoms with van der Waals surface area (Å²) in [6.45, 7) is 2.01. The Hall–Kier alpha value is -2.94. The lowest BCUT2D eigenvalue weighted by Gasteiger charge is -2.06. The summed E-state index contributed by atoms with van der Waals surface area (Å²) in [5.74, 6) is 0. The van der Waals surface area contributed by atoms with Crippen LogP contribution >= 0.6 is 0 Å². The maximum Gasteiger partial charge on any atom is 0.200 e. The Morgan fingerprint density at radius 2 is 1.73 bits per heavy atom. The maximum atomic E-state index is 12.7. The van der Waals surface area contributed by atoms with Crippen molar-refractivity contribution in [3.05, 3.63) is 76.6 Å². The molecule has 2 aromatic heterocycles. The lowest BCUT2D eigenvalue weighted by Crippen LogP contribution is -2.02. The molecule has 4 rings (SSSR count). The molecule has 2 heterocycles. The van der Waals surface area contributed by atoms with Crippen LogP contribution in [0, 0.1) is 6.92 Å². The molecule has 0 N–H and O–H groups in total. The summed E-state index contributed by atoms with van der Waals surface area (Å²) in [5.41, 5.74) is 4.09. The molecule has 0 bridgehead atoms. The van der Waals surface area contributed by atoms with Crippen molar-refractivity contribution in [1.29, 1.82) is 0 Å². The van der Waals surface area contributed by atoms with E-state index >= 15 is 0 Å². The van der Waals surface area contributed by atoms with Crippen molar-refractivity contribution in [2.45, 2.75) is 6.92 Å². The molecule has 0 aliphatic heterocycles. The third kappa shape index (κ3) is 1.91. The lowest BCUT2D eigenvalue weighted by molar-refractivity contribution is 0.660. The predicted octanol–water partition coefficient (Wildman–Crippen LogP) is 4.32. The van der Waals surface area contributed by atoms with E-state index in [2.05, 4.69) is 4.98 Å². The van der Waals surface area contributed by atoms with Gasteiger partial charge in [0.05, 0.1) is 16.5 Å². The summed E-state index contributed by atoms with van der Waals surface area (Å²) in [5, 5.41) is 1.19. The van der Waals surface area contributed by atoms with E-state index in [0.29, 0.717) is 21.9 Å². The average Bonchev–Trinajstić information content (AvgIpc) is 2.55. The molecule has 0 radical (unpaired) electrons. The number of aryl methyl sites for hydroxylation is 1. The van der Waals surface area contributed by atoms with E-state index in [1.54, 1.807) is 12.3 Å². The first-order valence-corrected chi connectivity index (χ1v) is 7.11. The molecular weight excluding hydrogens is 274 g/mol. The molecule has 3 nitrogen and oxygen atoms in total. The molecule has 0 saturated heterocycles. The van der Waals surface area contributed by atoms with Gasteiger partial charge < -0.3 is 4.42 Å². The van der Waals surface area contributed by atoms with Gasteiger partial charge in [-0.3, -0.25) is 9.78 Å².